The zero-order valence-corrected chi connectivity index (χ0v) is 13.8. The number of H-pyrrole nitrogens is 1. The molecule has 2 aliphatic heterocycles. The average Bonchev–Trinajstić information content (AvgIpc) is 3.32. The minimum Gasteiger partial charge on any atom is -0.378 e. The maximum absolute atomic E-state index is 12.7. The lowest BCUT2D eigenvalue weighted by atomic mass is 9.93. The molecule has 1 saturated carbocycles. The van der Waals surface area contributed by atoms with Gasteiger partial charge in [-0.15, -0.1) is 0 Å². The van der Waals surface area contributed by atoms with Crippen molar-refractivity contribution in [2.75, 3.05) is 37.7 Å². The van der Waals surface area contributed by atoms with Gasteiger partial charge in [-0.25, -0.2) is 0 Å². The van der Waals surface area contributed by atoms with Crippen molar-refractivity contribution in [3.63, 3.8) is 0 Å². The first kappa shape index (κ1) is 15.0. The number of anilines is 1. The van der Waals surface area contributed by atoms with E-state index < -0.39 is 0 Å². The number of hydrogen-bond acceptors (Lipinski definition) is 4. The van der Waals surface area contributed by atoms with E-state index in [1.807, 2.05) is 11.8 Å². The van der Waals surface area contributed by atoms with E-state index in [1.165, 1.54) is 18.5 Å². The Morgan fingerprint density at radius 2 is 2.04 bits per heavy atom. The van der Waals surface area contributed by atoms with Crippen molar-refractivity contribution >= 4 is 11.7 Å². The van der Waals surface area contributed by atoms with Crippen molar-refractivity contribution in [1.82, 2.24) is 15.1 Å². The van der Waals surface area contributed by atoms with Crippen molar-refractivity contribution < 1.29 is 9.53 Å². The van der Waals surface area contributed by atoms with Crippen LogP contribution in [0.3, 0.4) is 0 Å². The molecule has 1 aromatic heterocycles. The summed E-state index contributed by atoms with van der Waals surface area (Å²) >= 11 is 0. The summed E-state index contributed by atoms with van der Waals surface area (Å²) in [5, 5.41) is 7.62. The Morgan fingerprint density at radius 3 is 2.74 bits per heavy atom. The second-order valence-corrected chi connectivity index (χ2v) is 7.09. The van der Waals surface area contributed by atoms with Crippen LogP contribution in [-0.4, -0.2) is 59.9 Å². The summed E-state index contributed by atoms with van der Waals surface area (Å²) in [6.07, 6.45) is 4.58. The molecule has 6 heteroatoms. The smallest absolute Gasteiger partial charge is 0.228 e. The van der Waals surface area contributed by atoms with Crippen LogP contribution in [0.4, 0.5) is 5.82 Å². The molecule has 0 spiro atoms. The highest BCUT2D eigenvalue weighted by Gasteiger charge is 2.34. The molecule has 3 aliphatic rings. The lowest BCUT2D eigenvalue weighted by Crippen LogP contribution is -2.52. The van der Waals surface area contributed by atoms with Crippen LogP contribution in [0.5, 0.6) is 0 Å². The Morgan fingerprint density at radius 1 is 1.26 bits per heavy atom. The zero-order valence-electron chi connectivity index (χ0n) is 13.8. The number of aromatic amines is 1. The molecule has 1 aromatic rings. The highest BCUT2D eigenvalue weighted by Crippen LogP contribution is 2.39. The molecule has 3 fully saturated rings. The van der Waals surface area contributed by atoms with E-state index in [4.69, 9.17) is 4.74 Å². The first-order chi connectivity index (χ1) is 11.2. The molecular formula is C17H26N4O2. The van der Waals surface area contributed by atoms with Gasteiger partial charge in [0.05, 0.1) is 12.0 Å². The number of hydrogen-bond donors (Lipinski definition) is 1. The maximum atomic E-state index is 12.7. The van der Waals surface area contributed by atoms with E-state index in [0.717, 1.165) is 51.4 Å². The molecule has 126 valence electrons. The van der Waals surface area contributed by atoms with Gasteiger partial charge in [0, 0.05) is 50.5 Å². The van der Waals surface area contributed by atoms with Crippen molar-refractivity contribution in [2.45, 2.75) is 44.6 Å². The highest BCUT2D eigenvalue weighted by molar-refractivity contribution is 5.79. The van der Waals surface area contributed by atoms with Gasteiger partial charge < -0.3 is 14.5 Å². The van der Waals surface area contributed by atoms with Gasteiger partial charge in [-0.2, -0.15) is 5.10 Å². The highest BCUT2D eigenvalue weighted by atomic mass is 16.5. The van der Waals surface area contributed by atoms with Crippen molar-refractivity contribution in [2.24, 2.45) is 5.92 Å². The van der Waals surface area contributed by atoms with Gasteiger partial charge in [0.15, 0.2) is 5.82 Å². The van der Waals surface area contributed by atoms with Crippen LogP contribution in [0.1, 0.15) is 44.2 Å². The molecular weight excluding hydrogens is 292 g/mol. The molecule has 0 unspecified atom stereocenters. The largest absolute Gasteiger partial charge is 0.378 e. The molecule has 1 aliphatic carbocycles. The Labute approximate surface area is 137 Å². The first-order valence-corrected chi connectivity index (χ1v) is 8.93. The number of piperazine rings is 1. The summed E-state index contributed by atoms with van der Waals surface area (Å²) in [5.41, 5.74) is 1.27. The van der Waals surface area contributed by atoms with E-state index in [9.17, 15) is 4.79 Å². The van der Waals surface area contributed by atoms with Gasteiger partial charge in [-0.1, -0.05) is 0 Å². The SMILES string of the molecule is C[C@@H]1OCCC[C@@H]1C(=O)N1CCN(c2cc(C3CC3)[nH]n2)CC1. The number of ether oxygens (including phenoxy) is 1. The minimum atomic E-state index is 0.0437. The normalized spacial score (nSPS) is 28.9. The van der Waals surface area contributed by atoms with Crippen LogP contribution in [0, 0.1) is 5.92 Å². The van der Waals surface area contributed by atoms with Crippen LogP contribution in [0.2, 0.25) is 0 Å². The van der Waals surface area contributed by atoms with Crippen molar-refractivity contribution in [3.8, 4) is 0 Å². The summed E-state index contributed by atoms with van der Waals surface area (Å²) in [6.45, 7) is 6.12. The fourth-order valence-corrected chi connectivity index (χ4v) is 3.73. The number of rotatable bonds is 3. The molecule has 2 saturated heterocycles. The molecule has 4 rings (SSSR count). The van der Waals surface area contributed by atoms with E-state index in [0.29, 0.717) is 5.92 Å². The molecule has 0 radical (unpaired) electrons. The number of aromatic nitrogens is 2. The second kappa shape index (κ2) is 6.15. The fraction of sp³-hybridized carbons (Fsp3) is 0.765. The van der Waals surface area contributed by atoms with Crippen molar-refractivity contribution in [1.29, 1.82) is 0 Å². The van der Waals surface area contributed by atoms with Crippen LogP contribution in [0.15, 0.2) is 6.07 Å². The summed E-state index contributed by atoms with van der Waals surface area (Å²) in [5.74, 6) is 2.06. The third-order valence-corrected chi connectivity index (χ3v) is 5.44. The summed E-state index contributed by atoms with van der Waals surface area (Å²) < 4.78 is 5.65. The van der Waals surface area contributed by atoms with E-state index in [-0.39, 0.29) is 17.9 Å². The number of nitrogens with zero attached hydrogens (tertiary/aromatic N) is 3. The molecule has 6 nitrogen and oxygen atoms in total. The summed E-state index contributed by atoms with van der Waals surface area (Å²) in [7, 11) is 0. The number of carbonyl (C=O) groups excluding carboxylic acids is 1. The van der Waals surface area contributed by atoms with E-state index in [2.05, 4.69) is 21.2 Å². The Balaban J connectivity index is 1.33. The predicted molar refractivity (Wildman–Crippen MR) is 87.5 cm³/mol. The quantitative estimate of drug-likeness (QED) is 0.922. The van der Waals surface area contributed by atoms with Crippen LogP contribution >= 0.6 is 0 Å². The summed E-state index contributed by atoms with van der Waals surface area (Å²) in [4.78, 5) is 17.0. The van der Waals surface area contributed by atoms with Crippen molar-refractivity contribution in [3.05, 3.63) is 11.8 Å². The molecule has 3 heterocycles. The number of amides is 1. The van der Waals surface area contributed by atoms with Gasteiger partial charge in [-0.05, 0) is 32.6 Å². The van der Waals surface area contributed by atoms with Crippen LogP contribution in [0.25, 0.3) is 0 Å². The van der Waals surface area contributed by atoms with Gasteiger partial charge >= 0.3 is 0 Å². The third kappa shape index (κ3) is 3.09. The monoisotopic (exact) mass is 318 g/mol. The maximum Gasteiger partial charge on any atom is 0.228 e. The van der Waals surface area contributed by atoms with Gasteiger partial charge in [0.1, 0.15) is 0 Å². The van der Waals surface area contributed by atoms with E-state index >= 15 is 0 Å². The summed E-state index contributed by atoms with van der Waals surface area (Å²) in [6, 6.07) is 2.19. The molecule has 0 bridgehead atoms. The van der Waals surface area contributed by atoms with Crippen LogP contribution < -0.4 is 4.90 Å². The molecule has 1 N–H and O–H groups in total. The standard InChI is InChI=1S/C17H26N4O2/c1-12-14(3-2-10-23-12)17(22)21-8-6-20(7-9-21)16-11-15(18-19-16)13-4-5-13/h11-14H,2-10H2,1H3,(H,18,19)/t12-,14-/m0/s1. The molecule has 23 heavy (non-hydrogen) atoms. The lowest BCUT2D eigenvalue weighted by Gasteiger charge is -2.38. The fourth-order valence-electron chi connectivity index (χ4n) is 3.73. The average molecular weight is 318 g/mol. The second-order valence-electron chi connectivity index (χ2n) is 7.09. The van der Waals surface area contributed by atoms with Gasteiger partial charge in [0.2, 0.25) is 5.91 Å². The third-order valence-electron chi connectivity index (χ3n) is 5.44. The van der Waals surface area contributed by atoms with Gasteiger partial charge in [0.25, 0.3) is 0 Å². The molecule has 2 atom stereocenters. The van der Waals surface area contributed by atoms with Gasteiger partial charge in [-0.3, -0.25) is 9.89 Å². The topological polar surface area (TPSA) is 61.5 Å². The zero-order chi connectivity index (χ0) is 15.8. The lowest BCUT2D eigenvalue weighted by molar-refractivity contribution is -0.144. The molecule has 0 aromatic carbocycles. The molecule has 1 amide bonds. The minimum absolute atomic E-state index is 0.0437. The Kier molecular flexibility index (Phi) is 4.01. The number of nitrogens with one attached hydrogen (secondary N) is 1. The van der Waals surface area contributed by atoms with Crippen LogP contribution in [-0.2, 0) is 9.53 Å². The number of carbonyl (C=O) groups is 1. The Hall–Kier alpha value is -1.56. The predicted octanol–water partition coefficient (Wildman–Crippen LogP) is 1.75. The first-order valence-electron chi connectivity index (χ1n) is 8.93. The van der Waals surface area contributed by atoms with E-state index in [1.54, 1.807) is 0 Å². The Bertz CT molecular complexity index is 561.